The number of carbonyl (C=O) groups is 2. The van der Waals surface area contributed by atoms with E-state index in [9.17, 15) is 14.7 Å². The van der Waals surface area contributed by atoms with Crippen molar-refractivity contribution in [1.29, 1.82) is 0 Å². The lowest BCUT2D eigenvalue weighted by atomic mass is 9.99. The zero-order chi connectivity index (χ0) is 27.1. The van der Waals surface area contributed by atoms with Crippen molar-refractivity contribution in [2.75, 3.05) is 26.7 Å². The fraction of sp³-hybridized carbons (Fsp3) is 0.333. The summed E-state index contributed by atoms with van der Waals surface area (Å²) in [6.45, 7) is 4.32. The minimum Gasteiger partial charge on any atom is -0.472 e. The molecule has 3 atom stereocenters. The molecule has 0 radical (unpaired) electrons. The first-order valence-electron chi connectivity index (χ1n) is 12.8. The maximum Gasteiger partial charge on any atom is 0.259 e. The lowest BCUT2D eigenvalue weighted by molar-refractivity contribution is -0.130. The number of nitrogens with zero attached hydrogens (tertiary/aromatic N) is 4. The van der Waals surface area contributed by atoms with E-state index < -0.39 is 6.10 Å². The molecule has 2 aromatic heterocycles. The minimum atomic E-state index is -0.411. The average Bonchev–Trinajstić information content (AvgIpc) is 2.94. The molecule has 3 aromatic rings. The molecule has 1 N–H and O–H groups in total. The van der Waals surface area contributed by atoms with E-state index in [-0.39, 0.29) is 42.7 Å². The van der Waals surface area contributed by atoms with Gasteiger partial charge in [-0.05, 0) is 36.2 Å². The van der Waals surface area contributed by atoms with Crippen molar-refractivity contribution < 1.29 is 19.4 Å². The van der Waals surface area contributed by atoms with E-state index >= 15 is 0 Å². The maximum atomic E-state index is 13.6. The van der Waals surface area contributed by atoms with Crippen LogP contribution < -0.4 is 4.74 Å². The van der Waals surface area contributed by atoms with Crippen molar-refractivity contribution in [2.45, 2.75) is 32.4 Å². The fourth-order valence-corrected chi connectivity index (χ4v) is 4.35. The molecule has 0 spiro atoms. The lowest BCUT2D eigenvalue weighted by Gasteiger charge is -2.37. The fourth-order valence-electron chi connectivity index (χ4n) is 4.35. The van der Waals surface area contributed by atoms with Gasteiger partial charge in [-0.15, -0.1) is 0 Å². The van der Waals surface area contributed by atoms with Gasteiger partial charge >= 0.3 is 0 Å². The van der Waals surface area contributed by atoms with Crippen molar-refractivity contribution in [3.8, 4) is 5.88 Å². The van der Waals surface area contributed by atoms with Crippen LogP contribution in [0.25, 0.3) is 12.2 Å². The second kappa shape index (κ2) is 12.5. The molecule has 0 unspecified atom stereocenters. The Morgan fingerprint density at radius 2 is 1.89 bits per heavy atom. The van der Waals surface area contributed by atoms with Crippen LogP contribution in [-0.2, 0) is 11.2 Å². The molecule has 1 aliphatic rings. The molecule has 4 rings (SSSR count). The summed E-state index contributed by atoms with van der Waals surface area (Å²) >= 11 is 0. The van der Waals surface area contributed by atoms with Crippen LogP contribution in [0.2, 0.25) is 0 Å². The summed E-state index contributed by atoms with van der Waals surface area (Å²) in [5.74, 6) is -0.212. The van der Waals surface area contributed by atoms with E-state index in [1.165, 1.54) is 0 Å². The number of pyridine rings is 2. The van der Waals surface area contributed by atoms with Crippen LogP contribution in [0.3, 0.4) is 0 Å². The first kappa shape index (κ1) is 27.0. The smallest absolute Gasteiger partial charge is 0.259 e. The SMILES string of the molecule is C[C@@H]1CN([C@@H](C)CO)C(=O)c2cc(/C=C/c3ccccc3)cnc2O[C@@H]1CN(C)C(=O)Cc1ccccn1. The van der Waals surface area contributed by atoms with Crippen LogP contribution in [0.4, 0.5) is 0 Å². The quantitative estimate of drug-likeness (QED) is 0.494. The Balaban J connectivity index is 1.59. The molecule has 1 aliphatic heterocycles. The number of aliphatic hydroxyl groups is 1. The Morgan fingerprint density at radius 3 is 2.61 bits per heavy atom. The zero-order valence-corrected chi connectivity index (χ0v) is 22.0. The van der Waals surface area contributed by atoms with E-state index in [0.29, 0.717) is 24.3 Å². The highest BCUT2D eigenvalue weighted by Gasteiger charge is 2.34. The van der Waals surface area contributed by atoms with E-state index in [4.69, 9.17) is 4.74 Å². The summed E-state index contributed by atoms with van der Waals surface area (Å²) in [5.41, 5.74) is 2.83. The van der Waals surface area contributed by atoms with Gasteiger partial charge in [-0.2, -0.15) is 0 Å². The monoisotopic (exact) mass is 514 g/mol. The van der Waals surface area contributed by atoms with Crippen molar-refractivity contribution in [1.82, 2.24) is 19.8 Å². The number of benzene rings is 1. The molecule has 38 heavy (non-hydrogen) atoms. The highest BCUT2D eigenvalue weighted by Crippen LogP contribution is 2.28. The molecular formula is C30H34N4O4. The van der Waals surface area contributed by atoms with Gasteiger partial charge in [0.2, 0.25) is 11.8 Å². The van der Waals surface area contributed by atoms with Crippen LogP contribution in [0, 0.1) is 5.92 Å². The number of likely N-dealkylation sites (N-methyl/N-ethyl adjacent to an activating group) is 1. The van der Waals surface area contributed by atoms with Crippen molar-refractivity contribution in [3.63, 3.8) is 0 Å². The topological polar surface area (TPSA) is 95.9 Å². The molecular weight excluding hydrogens is 480 g/mol. The molecule has 0 saturated heterocycles. The number of amides is 2. The molecule has 3 heterocycles. The van der Waals surface area contributed by atoms with Gasteiger partial charge in [0, 0.05) is 37.6 Å². The van der Waals surface area contributed by atoms with E-state index in [0.717, 1.165) is 11.1 Å². The van der Waals surface area contributed by atoms with Gasteiger partial charge in [-0.3, -0.25) is 14.6 Å². The summed E-state index contributed by atoms with van der Waals surface area (Å²) in [5, 5.41) is 9.88. The number of rotatable bonds is 8. The highest BCUT2D eigenvalue weighted by molar-refractivity contribution is 5.97. The van der Waals surface area contributed by atoms with Crippen molar-refractivity contribution in [2.24, 2.45) is 5.92 Å². The average molecular weight is 515 g/mol. The Hall–Kier alpha value is -4.04. The van der Waals surface area contributed by atoms with Crippen LogP contribution in [0.15, 0.2) is 67.0 Å². The number of ether oxygens (including phenoxy) is 1. The summed E-state index contributed by atoms with van der Waals surface area (Å²) in [4.78, 5) is 38.6. The van der Waals surface area contributed by atoms with Crippen LogP contribution in [-0.4, -0.2) is 75.6 Å². The standard InChI is InChI=1S/C30H34N4O4/c1-21-18-34(22(2)20-35)30(37)26-15-24(13-12-23-9-5-4-6-10-23)17-32-29(26)38-27(21)19-33(3)28(36)16-25-11-7-8-14-31-25/h4-15,17,21-22,27,35H,16,18-20H2,1-3H3/b13-12+/t21-,22+,27-/m1/s1. The third-order valence-electron chi connectivity index (χ3n) is 6.75. The lowest BCUT2D eigenvalue weighted by Crippen LogP contribution is -2.50. The second-order valence-electron chi connectivity index (χ2n) is 9.76. The van der Waals surface area contributed by atoms with Crippen LogP contribution in [0.5, 0.6) is 5.88 Å². The first-order valence-corrected chi connectivity index (χ1v) is 12.8. The van der Waals surface area contributed by atoms with E-state index in [2.05, 4.69) is 9.97 Å². The Kier molecular flexibility index (Phi) is 8.86. The van der Waals surface area contributed by atoms with Gasteiger partial charge < -0.3 is 19.6 Å². The molecule has 0 saturated carbocycles. The Bertz CT molecular complexity index is 1270. The number of hydrogen-bond acceptors (Lipinski definition) is 6. The Labute approximate surface area is 223 Å². The van der Waals surface area contributed by atoms with Gasteiger partial charge in [0.25, 0.3) is 5.91 Å². The summed E-state index contributed by atoms with van der Waals surface area (Å²) in [7, 11) is 1.74. The predicted octanol–water partition coefficient (Wildman–Crippen LogP) is 3.57. The van der Waals surface area contributed by atoms with E-state index in [1.54, 1.807) is 35.3 Å². The van der Waals surface area contributed by atoms with Gasteiger partial charge in [0.15, 0.2) is 0 Å². The van der Waals surface area contributed by atoms with Crippen LogP contribution in [0.1, 0.15) is 41.0 Å². The number of aromatic nitrogens is 2. The molecule has 8 heteroatoms. The molecule has 0 bridgehead atoms. The predicted molar refractivity (Wildman–Crippen MR) is 146 cm³/mol. The number of carbonyl (C=O) groups excluding carboxylic acids is 2. The van der Waals surface area contributed by atoms with E-state index in [1.807, 2.05) is 74.5 Å². The first-order chi connectivity index (χ1) is 18.4. The number of hydrogen-bond donors (Lipinski definition) is 1. The molecule has 2 amide bonds. The third kappa shape index (κ3) is 6.63. The van der Waals surface area contributed by atoms with Gasteiger partial charge in [0.05, 0.1) is 25.6 Å². The van der Waals surface area contributed by atoms with Gasteiger partial charge in [0.1, 0.15) is 11.7 Å². The molecule has 0 fully saturated rings. The normalized spacial score (nSPS) is 18.3. The third-order valence-corrected chi connectivity index (χ3v) is 6.75. The molecule has 8 nitrogen and oxygen atoms in total. The molecule has 1 aromatic carbocycles. The maximum absolute atomic E-state index is 13.6. The summed E-state index contributed by atoms with van der Waals surface area (Å²) < 4.78 is 6.32. The number of aliphatic hydroxyl groups excluding tert-OH is 1. The minimum absolute atomic E-state index is 0.0761. The summed E-state index contributed by atoms with van der Waals surface area (Å²) in [6, 6.07) is 16.7. The molecule has 0 aliphatic carbocycles. The molecule has 198 valence electrons. The van der Waals surface area contributed by atoms with Gasteiger partial charge in [-0.25, -0.2) is 4.98 Å². The van der Waals surface area contributed by atoms with Crippen LogP contribution >= 0.6 is 0 Å². The Morgan fingerprint density at radius 1 is 1.16 bits per heavy atom. The van der Waals surface area contributed by atoms with Crippen molar-refractivity contribution >= 4 is 24.0 Å². The van der Waals surface area contributed by atoms with Crippen molar-refractivity contribution in [3.05, 3.63) is 89.4 Å². The zero-order valence-electron chi connectivity index (χ0n) is 22.0. The van der Waals surface area contributed by atoms with Gasteiger partial charge in [-0.1, -0.05) is 55.5 Å². The highest BCUT2D eigenvalue weighted by atomic mass is 16.5. The second-order valence-corrected chi connectivity index (χ2v) is 9.76. The number of fused-ring (bicyclic) bond motifs is 1. The largest absolute Gasteiger partial charge is 0.472 e. The summed E-state index contributed by atoms with van der Waals surface area (Å²) in [6.07, 6.45) is 6.98.